The van der Waals surface area contributed by atoms with Crippen LogP contribution in [0.25, 0.3) is 0 Å². The number of methoxy groups -OCH3 is 1. The van der Waals surface area contributed by atoms with E-state index in [0.29, 0.717) is 33.2 Å². The second-order valence-electron chi connectivity index (χ2n) is 6.37. The summed E-state index contributed by atoms with van der Waals surface area (Å²) in [4.78, 5) is 31.3. The van der Waals surface area contributed by atoms with Gasteiger partial charge in [-0.3, -0.25) is 9.59 Å². The molecule has 0 saturated carbocycles. The topological polar surface area (TPSA) is 84.1 Å². The number of carbonyl (C=O) groups is 1. The quantitative estimate of drug-likeness (QED) is 0.385. The van der Waals surface area contributed by atoms with E-state index in [-0.39, 0.29) is 17.9 Å². The van der Waals surface area contributed by atoms with Gasteiger partial charge in [0.2, 0.25) is 5.91 Å². The molecule has 156 valence electrons. The van der Waals surface area contributed by atoms with Crippen molar-refractivity contribution in [3.63, 3.8) is 0 Å². The van der Waals surface area contributed by atoms with Gasteiger partial charge < -0.3 is 15.0 Å². The maximum Gasteiger partial charge on any atom is 0.251 e. The lowest BCUT2D eigenvalue weighted by Crippen LogP contribution is -2.25. The van der Waals surface area contributed by atoms with Crippen molar-refractivity contribution in [2.75, 3.05) is 7.11 Å². The van der Waals surface area contributed by atoms with E-state index < -0.39 is 0 Å². The highest BCUT2D eigenvalue weighted by atomic mass is 35.5. The van der Waals surface area contributed by atoms with Gasteiger partial charge in [0.25, 0.3) is 5.56 Å². The van der Waals surface area contributed by atoms with Crippen LogP contribution in [0.5, 0.6) is 5.75 Å². The lowest BCUT2D eigenvalue weighted by atomic mass is 10.2. The van der Waals surface area contributed by atoms with Crippen LogP contribution in [0.1, 0.15) is 16.8 Å². The number of thioether (sulfide) groups is 1. The monoisotopic (exact) mass is 463 g/mol. The fourth-order valence-electron chi connectivity index (χ4n) is 2.64. The number of ether oxygens (including phenoxy) is 1. The number of nitrogens with one attached hydrogen (secondary N) is 2. The molecule has 30 heavy (non-hydrogen) atoms. The molecule has 0 aliphatic rings. The summed E-state index contributed by atoms with van der Waals surface area (Å²) in [5.74, 6) is 0.998. The van der Waals surface area contributed by atoms with Crippen molar-refractivity contribution in [3.05, 3.63) is 85.8 Å². The summed E-state index contributed by atoms with van der Waals surface area (Å²) in [7, 11) is 1.59. The molecule has 0 saturated heterocycles. The second kappa shape index (κ2) is 10.5. The summed E-state index contributed by atoms with van der Waals surface area (Å²) in [6.45, 7) is 0.357. The van der Waals surface area contributed by atoms with Crippen LogP contribution in [0.4, 0.5) is 0 Å². The number of hydrogen-bond donors (Lipinski definition) is 2. The highest BCUT2D eigenvalue weighted by molar-refractivity contribution is 7.98. The Bertz CT molecular complexity index is 1100. The summed E-state index contributed by atoms with van der Waals surface area (Å²) in [6.07, 6.45) is 0.00312. The van der Waals surface area contributed by atoms with Crippen molar-refractivity contribution in [3.8, 4) is 5.75 Å². The van der Waals surface area contributed by atoms with Crippen LogP contribution in [-0.4, -0.2) is 23.0 Å². The first-order chi connectivity index (χ1) is 14.4. The number of amides is 1. The first kappa shape index (κ1) is 22.2. The van der Waals surface area contributed by atoms with E-state index in [1.54, 1.807) is 19.2 Å². The summed E-state index contributed by atoms with van der Waals surface area (Å²) in [5.41, 5.74) is 1.87. The van der Waals surface area contributed by atoms with Crippen molar-refractivity contribution in [2.24, 2.45) is 0 Å². The van der Waals surface area contributed by atoms with Crippen LogP contribution in [0, 0.1) is 0 Å². The molecule has 0 spiro atoms. The van der Waals surface area contributed by atoms with Gasteiger partial charge in [0, 0.05) is 28.4 Å². The van der Waals surface area contributed by atoms with E-state index in [1.807, 2.05) is 30.3 Å². The van der Waals surface area contributed by atoms with Gasteiger partial charge in [0.1, 0.15) is 5.75 Å². The smallest absolute Gasteiger partial charge is 0.251 e. The van der Waals surface area contributed by atoms with Gasteiger partial charge >= 0.3 is 0 Å². The summed E-state index contributed by atoms with van der Waals surface area (Å²) in [5, 5.41) is 4.35. The van der Waals surface area contributed by atoms with Crippen molar-refractivity contribution >= 4 is 40.9 Å². The molecule has 0 atom stereocenters. The maximum absolute atomic E-state index is 12.3. The molecule has 0 aliphatic heterocycles. The maximum atomic E-state index is 12.3. The zero-order valence-corrected chi connectivity index (χ0v) is 18.4. The minimum Gasteiger partial charge on any atom is -0.497 e. The normalized spacial score (nSPS) is 10.6. The molecule has 2 N–H and O–H groups in total. The first-order valence-corrected chi connectivity index (χ1v) is 10.7. The zero-order chi connectivity index (χ0) is 21.5. The molecule has 0 radical (unpaired) electrons. The van der Waals surface area contributed by atoms with Gasteiger partial charge in [-0.15, -0.1) is 0 Å². The van der Waals surface area contributed by atoms with Crippen molar-refractivity contribution in [1.29, 1.82) is 0 Å². The van der Waals surface area contributed by atoms with Gasteiger partial charge in [-0.1, -0.05) is 53.2 Å². The molecule has 3 rings (SSSR count). The molecule has 0 aliphatic carbocycles. The Kier molecular flexibility index (Phi) is 7.79. The molecule has 1 heterocycles. The van der Waals surface area contributed by atoms with Gasteiger partial charge in [-0.2, -0.15) is 0 Å². The molecule has 0 fully saturated rings. The van der Waals surface area contributed by atoms with E-state index in [9.17, 15) is 9.59 Å². The minimum atomic E-state index is -0.315. The van der Waals surface area contributed by atoms with Crippen LogP contribution in [0.2, 0.25) is 10.0 Å². The van der Waals surface area contributed by atoms with Crippen LogP contribution in [0.15, 0.2) is 58.5 Å². The Balaban J connectivity index is 1.60. The molecule has 0 unspecified atom stereocenters. The first-order valence-electron chi connectivity index (χ1n) is 8.99. The largest absolute Gasteiger partial charge is 0.497 e. The number of carbonyl (C=O) groups excluding carboxylic acids is 1. The van der Waals surface area contributed by atoms with E-state index >= 15 is 0 Å². The number of hydrogen-bond acceptors (Lipinski definition) is 5. The Morgan fingerprint density at radius 2 is 2.03 bits per heavy atom. The Labute approximate surface area is 188 Å². The van der Waals surface area contributed by atoms with E-state index in [1.165, 1.54) is 17.8 Å². The predicted octanol–water partition coefficient (Wildman–Crippen LogP) is 4.24. The standard InChI is InChI=1S/C21H19Cl2N3O3S/c1-29-17-4-2-3-13(7-17)11-24-19(27)9-16-10-20(28)26-21(25-16)30-12-14-5-6-15(22)8-18(14)23/h2-8,10H,9,11-12H2,1H3,(H,24,27)(H,25,26,28). The lowest BCUT2D eigenvalue weighted by molar-refractivity contribution is -0.120. The molecule has 0 bridgehead atoms. The number of rotatable bonds is 8. The van der Waals surface area contributed by atoms with Crippen molar-refractivity contribution in [2.45, 2.75) is 23.9 Å². The molecule has 1 aromatic heterocycles. The molecule has 3 aromatic rings. The molecule has 9 heteroatoms. The van der Waals surface area contributed by atoms with Crippen LogP contribution < -0.4 is 15.6 Å². The van der Waals surface area contributed by atoms with Gasteiger partial charge in [0.05, 0.1) is 19.2 Å². The lowest BCUT2D eigenvalue weighted by Gasteiger charge is -2.08. The third kappa shape index (κ3) is 6.52. The van der Waals surface area contributed by atoms with E-state index in [2.05, 4.69) is 15.3 Å². The Morgan fingerprint density at radius 3 is 2.80 bits per heavy atom. The Hall–Kier alpha value is -2.48. The van der Waals surface area contributed by atoms with E-state index in [4.69, 9.17) is 27.9 Å². The van der Waals surface area contributed by atoms with Gasteiger partial charge in [0.15, 0.2) is 5.16 Å². The van der Waals surface area contributed by atoms with Crippen LogP contribution in [0.3, 0.4) is 0 Å². The van der Waals surface area contributed by atoms with Gasteiger partial charge in [-0.05, 0) is 35.4 Å². The summed E-state index contributed by atoms with van der Waals surface area (Å²) >= 11 is 13.4. The SMILES string of the molecule is COc1cccc(CNC(=O)Cc2cc(=O)[nH]c(SCc3ccc(Cl)cc3Cl)n2)c1. The molecule has 6 nitrogen and oxygen atoms in total. The fourth-order valence-corrected chi connectivity index (χ4v) is 4.09. The molecule has 2 aromatic carbocycles. The highest BCUT2D eigenvalue weighted by Gasteiger charge is 2.09. The molecular formula is C21H19Cl2N3O3S. The number of benzene rings is 2. The van der Waals surface area contributed by atoms with Crippen molar-refractivity contribution in [1.82, 2.24) is 15.3 Å². The minimum absolute atomic E-state index is 0.00312. The second-order valence-corrected chi connectivity index (χ2v) is 8.18. The average molecular weight is 464 g/mol. The number of H-pyrrole nitrogens is 1. The number of aromatic nitrogens is 2. The summed E-state index contributed by atoms with van der Waals surface area (Å²) < 4.78 is 5.17. The number of nitrogens with zero attached hydrogens (tertiary/aromatic N) is 1. The summed E-state index contributed by atoms with van der Waals surface area (Å²) in [6, 6.07) is 14.0. The average Bonchev–Trinajstić information content (AvgIpc) is 2.71. The zero-order valence-electron chi connectivity index (χ0n) is 16.1. The third-order valence-corrected chi connectivity index (χ3v) is 5.63. The third-order valence-electron chi connectivity index (χ3n) is 4.12. The van der Waals surface area contributed by atoms with Gasteiger partial charge in [-0.25, -0.2) is 4.98 Å². The predicted molar refractivity (Wildman–Crippen MR) is 119 cm³/mol. The van der Waals surface area contributed by atoms with Crippen molar-refractivity contribution < 1.29 is 9.53 Å². The van der Waals surface area contributed by atoms with E-state index in [0.717, 1.165) is 16.9 Å². The Morgan fingerprint density at radius 1 is 1.20 bits per heavy atom. The highest BCUT2D eigenvalue weighted by Crippen LogP contribution is 2.26. The molecular weight excluding hydrogens is 445 g/mol. The van der Waals surface area contributed by atoms with Crippen LogP contribution in [-0.2, 0) is 23.5 Å². The van der Waals surface area contributed by atoms with Crippen LogP contribution >= 0.6 is 35.0 Å². The molecule has 1 amide bonds. The fraction of sp³-hybridized carbons (Fsp3) is 0.190. The number of halogens is 2. The number of aromatic amines is 1.